The topological polar surface area (TPSA) is 81.6 Å². The third-order valence-corrected chi connectivity index (χ3v) is 4.29. The van der Waals surface area contributed by atoms with Crippen molar-refractivity contribution in [2.24, 2.45) is 0 Å². The minimum atomic E-state index is -0.402. The largest absolute Gasteiger partial charge is 0.465 e. The molecule has 0 spiro atoms. The summed E-state index contributed by atoms with van der Waals surface area (Å²) in [6.45, 7) is 4.82. The molecule has 0 saturated heterocycles. The zero-order valence-electron chi connectivity index (χ0n) is 16.0. The molecule has 0 bridgehead atoms. The maximum atomic E-state index is 11.7. The van der Waals surface area contributed by atoms with Gasteiger partial charge in [-0.2, -0.15) is 4.98 Å². The van der Waals surface area contributed by atoms with Gasteiger partial charge in [0.1, 0.15) is 17.1 Å². The third kappa shape index (κ3) is 4.43. The molecule has 0 N–H and O–H groups in total. The zero-order valence-corrected chi connectivity index (χ0v) is 16.0. The van der Waals surface area contributed by atoms with Crippen LogP contribution in [0.4, 0.5) is 0 Å². The number of aromatic nitrogens is 2. The Bertz CT molecular complexity index is 912. The fraction of sp³-hybridized carbons (Fsp3) is 0.350. The van der Waals surface area contributed by atoms with Gasteiger partial charge >= 0.3 is 5.97 Å². The number of carbonyl (C=O) groups is 1. The van der Waals surface area contributed by atoms with Crippen molar-refractivity contribution in [2.75, 3.05) is 14.2 Å². The van der Waals surface area contributed by atoms with Gasteiger partial charge in [0.2, 0.25) is 11.7 Å². The van der Waals surface area contributed by atoms with E-state index in [4.69, 9.17) is 13.7 Å². The Labute approximate surface area is 157 Å². The van der Waals surface area contributed by atoms with Crippen molar-refractivity contribution < 1.29 is 18.5 Å². The van der Waals surface area contributed by atoms with Crippen molar-refractivity contribution in [2.45, 2.75) is 33.4 Å². The third-order valence-electron chi connectivity index (χ3n) is 4.29. The number of benzene rings is 1. The minimum absolute atomic E-state index is 0.402. The zero-order chi connectivity index (χ0) is 19.4. The normalized spacial score (nSPS) is 11.1. The quantitative estimate of drug-likeness (QED) is 0.588. The van der Waals surface area contributed by atoms with E-state index >= 15 is 0 Å². The van der Waals surface area contributed by atoms with Crippen LogP contribution in [0.1, 0.15) is 40.3 Å². The number of rotatable bonds is 7. The minimum Gasteiger partial charge on any atom is -0.465 e. The van der Waals surface area contributed by atoms with Crippen LogP contribution in [0.5, 0.6) is 0 Å². The van der Waals surface area contributed by atoms with Gasteiger partial charge in [0, 0.05) is 5.56 Å². The molecule has 7 heteroatoms. The van der Waals surface area contributed by atoms with Crippen molar-refractivity contribution in [3.05, 3.63) is 58.9 Å². The highest BCUT2D eigenvalue weighted by Gasteiger charge is 2.17. The molecular formula is C20H23N3O4. The van der Waals surface area contributed by atoms with E-state index in [-0.39, 0.29) is 0 Å². The number of furan rings is 1. The number of methoxy groups -OCH3 is 1. The Morgan fingerprint density at radius 1 is 1.22 bits per heavy atom. The smallest absolute Gasteiger partial charge is 0.341 e. The lowest BCUT2D eigenvalue weighted by Gasteiger charge is -2.11. The average Bonchev–Trinajstić information content (AvgIpc) is 3.27. The number of esters is 1. The lowest BCUT2D eigenvalue weighted by molar-refractivity contribution is 0.0599. The average molecular weight is 369 g/mol. The van der Waals surface area contributed by atoms with E-state index in [0.717, 1.165) is 12.0 Å². The summed E-state index contributed by atoms with van der Waals surface area (Å²) in [5.41, 5.74) is 2.63. The van der Waals surface area contributed by atoms with Gasteiger partial charge < -0.3 is 13.7 Å². The molecule has 0 aliphatic carbocycles. The van der Waals surface area contributed by atoms with Gasteiger partial charge in [-0.15, -0.1) is 0 Å². The molecule has 2 aromatic heterocycles. The summed E-state index contributed by atoms with van der Waals surface area (Å²) in [5, 5.41) is 4.06. The second kappa shape index (κ2) is 8.18. The highest BCUT2D eigenvalue weighted by atomic mass is 16.5. The Morgan fingerprint density at radius 3 is 2.63 bits per heavy atom. The summed E-state index contributed by atoms with van der Waals surface area (Å²) < 4.78 is 15.7. The van der Waals surface area contributed by atoms with Crippen LogP contribution in [0, 0.1) is 6.92 Å². The summed E-state index contributed by atoms with van der Waals surface area (Å²) in [6, 6.07) is 9.83. The molecule has 0 radical (unpaired) electrons. The SMILES string of the molecule is CCc1ccc(-c2noc(CN(C)Cc3cc(C(=O)OC)c(C)o3)n2)cc1. The fourth-order valence-electron chi connectivity index (χ4n) is 2.81. The number of hydrogen-bond donors (Lipinski definition) is 0. The van der Waals surface area contributed by atoms with E-state index in [0.29, 0.717) is 41.9 Å². The molecule has 0 aliphatic rings. The number of nitrogens with zero attached hydrogens (tertiary/aromatic N) is 3. The van der Waals surface area contributed by atoms with Gasteiger partial charge in [0.15, 0.2) is 0 Å². The van der Waals surface area contributed by atoms with Gasteiger partial charge in [-0.1, -0.05) is 36.3 Å². The molecule has 0 unspecified atom stereocenters. The first kappa shape index (κ1) is 18.8. The van der Waals surface area contributed by atoms with Crippen LogP contribution in [0.25, 0.3) is 11.4 Å². The Morgan fingerprint density at radius 2 is 1.96 bits per heavy atom. The summed E-state index contributed by atoms with van der Waals surface area (Å²) in [5.74, 6) is 1.90. The van der Waals surface area contributed by atoms with Crippen LogP contribution in [0.2, 0.25) is 0 Å². The lowest BCUT2D eigenvalue weighted by Crippen LogP contribution is -2.17. The Hall–Kier alpha value is -2.93. The number of aryl methyl sites for hydroxylation is 2. The predicted octanol–water partition coefficient (Wildman–Crippen LogP) is 3.62. The van der Waals surface area contributed by atoms with Crippen molar-refractivity contribution in [3.8, 4) is 11.4 Å². The Kier molecular flexibility index (Phi) is 5.71. The van der Waals surface area contributed by atoms with E-state index in [2.05, 4.69) is 29.2 Å². The maximum absolute atomic E-state index is 11.7. The van der Waals surface area contributed by atoms with E-state index in [9.17, 15) is 4.79 Å². The van der Waals surface area contributed by atoms with Gasteiger partial charge in [-0.25, -0.2) is 4.79 Å². The summed E-state index contributed by atoms with van der Waals surface area (Å²) in [7, 11) is 3.26. The highest BCUT2D eigenvalue weighted by Crippen LogP contribution is 2.19. The highest BCUT2D eigenvalue weighted by molar-refractivity contribution is 5.90. The first-order chi connectivity index (χ1) is 13.0. The molecule has 3 rings (SSSR count). The number of carbonyl (C=O) groups excluding carboxylic acids is 1. The molecule has 0 aliphatic heterocycles. The van der Waals surface area contributed by atoms with Gasteiger partial charge in [0.05, 0.1) is 20.2 Å². The summed E-state index contributed by atoms with van der Waals surface area (Å²) >= 11 is 0. The fourth-order valence-corrected chi connectivity index (χ4v) is 2.81. The van der Waals surface area contributed by atoms with Gasteiger partial charge in [-0.05, 0) is 32.0 Å². The van der Waals surface area contributed by atoms with E-state index < -0.39 is 5.97 Å². The van der Waals surface area contributed by atoms with E-state index in [1.807, 2.05) is 24.1 Å². The van der Waals surface area contributed by atoms with Crippen molar-refractivity contribution in [3.63, 3.8) is 0 Å². The van der Waals surface area contributed by atoms with Crippen LogP contribution in [0.15, 0.2) is 39.3 Å². The maximum Gasteiger partial charge on any atom is 0.341 e. The van der Waals surface area contributed by atoms with Crippen LogP contribution in [-0.2, 0) is 24.2 Å². The summed E-state index contributed by atoms with van der Waals surface area (Å²) in [6.07, 6.45) is 0.993. The molecule has 2 heterocycles. The Balaban J connectivity index is 1.64. The number of hydrogen-bond acceptors (Lipinski definition) is 7. The monoisotopic (exact) mass is 369 g/mol. The molecule has 3 aromatic rings. The van der Waals surface area contributed by atoms with Crippen LogP contribution in [-0.4, -0.2) is 35.2 Å². The van der Waals surface area contributed by atoms with Crippen molar-refractivity contribution in [1.29, 1.82) is 0 Å². The first-order valence-electron chi connectivity index (χ1n) is 8.78. The predicted molar refractivity (Wildman–Crippen MR) is 99.1 cm³/mol. The first-order valence-corrected chi connectivity index (χ1v) is 8.78. The standard InChI is InChI=1S/C20H23N3O4/c1-5-14-6-8-15(9-7-14)19-21-18(27-22-19)12-23(3)11-16-10-17(13(2)26-16)20(24)25-4/h6-10H,5,11-12H2,1-4H3. The second-order valence-electron chi connectivity index (χ2n) is 6.41. The van der Waals surface area contributed by atoms with Crippen LogP contribution in [0.3, 0.4) is 0 Å². The molecule has 7 nitrogen and oxygen atoms in total. The molecule has 1 aromatic carbocycles. The molecule has 0 saturated carbocycles. The second-order valence-corrected chi connectivity index (χ2v) is 6.41. The molecule has 0 atom stereocenters. The molecule has 0 amide bonds. The lowest BCUT2D eigenvalue weighted by atomic mass is 10.1. The van der Waals surface area contributed by atoms with E-state index in [1.54, 1.807) is 13.0 Å². The van der Waals surface area contributed by atoms with Crippen LogP contribution >= 0.6 is 0 Å². The van der Waals surface area contributed by atoms with E-state index in [1.165, 1.54) is 12.7 Å². The van der Waals surface area contributed by atoms with Crippen molar-refractivity contribution in [1.82, 2.24) is 15.0 Å². The molecule has 142 valence electrons. The molecule has 27 heavy (non-hydrogen) atoms. The summed E-state index contributed by atoms with van der Waals surface area (Å²) in [4.78, 5) is 18.1. The van der Waals surface area contributed by atoms with Crippen LogP contribution < -0.4 is 0 Å². The van der Waals surface area contributed by atoms with Gasteiger partial charge in [-0.3, -0.25) is 4.90 Å². The molecular weight excluding hydrogens is 346 g/mol. The number of ether oxygens (including phenoxy) is 1. The van der Waals surface area contributed by atoms with Gasteiger partial charge in [0.25, 0.3) is 0 Å². The van der Waals surface area contributed by atoms with Crippen molar-refractivity contribution >= 4 is 5.97 Å². The molecule has 0 fully saturated rings.